The Bertz CT molecular complexity index is 578. The number of nitrogens with zero attached hydrogens (tertiary/aromatic N) is 2. The van der Waals surface area contributed by atoms with Gasteiger partial charge in [-0.2, -0.15) is 0 Å². The molecule has 0 atom stereocenters. The Morgan fingerprint density at radius 1 is 1.00 bits per heavy atom. The first-order chi connectivity index (χ1) is 11.0. The summed E-state index contributed by atoms with van der Waals surface area (Å²) >= 11 is 12.0. The Hall–Kier alpha value is -1.26. The largest absolute Gasteiger partial charge is 0.333 e. The molecule has 0 aliphatic carbocycles. The lowest BCUT2D eigenvalue weighted by atomic mass is 10.1. The van der Waals surface area contributed by atoms with Crippen LogP contribution in [-0.2, 0) is 16.1 Å². The van der Waals surface area contributed by atoms with Crippen molar-refractivity contribution in [2.24, 2.45) is 0 Å². The molecular formula is C17H22Cl2N2O2. The molecule has 4 nitrogen and oxygen atoms in total. The van der Waals surface area contributed by atoms with Gasteiger partial charge >= 0.3 is 11.8 Å². The zero-order valence-electron chi connectivity index (χ0n) is 13.4. The lowest BCUT2D eigenvalue weighted by Crippen LogP contribution is -2.54. The molecule has 1 heterocycles. The fraction of sp³-hybridized carbons (Fsp3) is 0.529. The van der Waals surface area contributed by atoms with Gasteiger partial charge in [0, 0.05) is 36.2 Å². The summed E-state index contributed by atoms with van der Waals surface area (Å²) in [6.07, 6.45) is 4.37. The van der Waals surface area contributed by atoms with Crippen molar-refractivity contribution in [3.8, 4) is 0 Å². The van der Waals surface area contributed by atoms with Crippen LogP contribution < -0.4 is 0 Å². The van der Waals surface area contributed by atoms with Crippen LogP contribution in [-0.4, -0.2) is 41.2 Å². The number of piperazine rings is 1. The Balaban J connectivity index is 1.92. The molecule has 1 aromatic carbocycles. The first-order valence-electron chi connectivity index (χ1n) is 8.05. The van der Waals surface area contributed by atoms with Crippen LogP contribution in [0.4, 0.5) is 0 Å². The van der Waals surface area contributed by atoms with E-state index in [1.54, 1.807) is 28.0 Å². The molecule has 0 unspecified atom stereocenters. The molecule has 1 aliphatic heterocycles. The Kier molecular flexibility index (Phi) is 6.72. The minimum atomic E-state index is -0.447. The van der Waals surface area contributed by atoms with Gasteiger partial charge in [0.15, 0.2) is 0 Å². The van der Waals surface area contributed by atoms with Crippen molar-refractivity contribution < 1.29 is 9.59 Å². The van der Waals surface area contributed by atoms with Gasteiger partial charge in [0.05, 0.1) is 0 Å². The molecule has 1 aliphatic rings. The second kappa shape index (κ2) is 8.55. The summed E-state index contributed by atoms with van der Waals surface area (Å²) in [5.41, 5.74) is 0.800. The van der Waals surface area contributed by atoms with E-state index in [9.17, 15) is 9.59 Å². The number of halogens is 2. The van der Waals surface area contributed by atoms with Gasteiger partial charge in [-0.1, -0.05) is 55.5 Å². The molecule has 0 spiro atoms. The molecule has 0 bridgehead atoms. The molecule has 1 saturated heterocycles. The molecule has 2 amide bonds. The van der Waals surface area contributed by atoms with Crippen LogP contribution in [0.3, 0.4) is 0 Å². The van der Waals surface area contributed by atoms with Crippen molar-refractivity contribution in [1.29, 1.82) is 0 Å². The fourth-order valence-corrected chi connectivity index (χ4v) is 3.13. The van der Waals surface area contributed by atoms with Gasteiger partial charge < -0.3 is 9.80 Å². The number of hydrogen-bond acceptors (Lipinski definition) is 2. The first-order valence-corrected chi connectivity index (χ1v) is 8.80. The quantitative estimate of drug-likeness (QED) is 0.551. The Morgan fingerprint density at radius 2 is 1.70 bits per heavy atom. The molecule has 6 heteroatoms. The molecule has 23 heavy (non-hydrogen) atoms. The number of benzene rings is 1. The van der Waals surface area contributed by atoms with Crippen LogP contribution in [0.5, 0.6) is 0 Å². The van der Waals surface area contributed by atoms with E-state index in [4.69, 9.17) is 23.2 Å². The lowest BCUT2D eigenvalue weighted by molar-refractivity contribution is -0.156. The van der Waals surface area contributed by atoms with Crippen LogP contribution in [0, 0.1) is 0 Å². The van der Waals surface area contributed by atoms with Gasteiger partial charge in [-0.3, -0.25) is 9.59 Å². The van der Waals surface area contributed by atoms with Crippen molar-refractivity contribution in [2.75, 3.05) is 19.6 Å². The molecule has 0 N–H and O–H groups in total. The van der Waals surface area contributed by atoms with Gasteiger partial charge in [-0.05, 0) is 24.1 Å². The van der Waals surface area contributed by atoms with E-state index >= 15 is 0 Å². The molecule has 1 fully saturated rings. The summed E-state index contributed by atoms with van der Waals surface area (Å²) in [5, 5.41) is 1.07. The van der Waals surface area contributed by atoms with Crippen molar-refractivity contribution >= 4 is 35.0 Å². The monoisotopic (exact) mass is 356 g/mol. The molecular weight excluding hydrogens is 335 g/mol. The third-order valence-electron chi connectivity index (χ3n) is 4.06. The Labute approximate surface area is 147 Å². The maximum atomic E-state index is 12.3. The average molecular weight is 357 g/mol. The van der Waals surface area contributed by atoms with Crippen LogP contribution in [0.1, 0.15) is 38.2 Å². The fourth-order valence-electron chi connectivity index (χ4n) is 2.66. The zero-order valence-corrected chi connectivity index (χ0v) is 14.9. The third-order valence-corrected chi connectivity index (χ3v) is 4.64. The number of rotatable bonds is 7. The highest BCUT2D eigenvalue weighted by atomic mass is 35.5. The predicted octanol–water partition coefficient (Wildman–Crippen LogP) is 3.74. The standard InChI is InChI=1S/C17H22Cl2N2O2/c1-2-3-4-5-8-20-9-10-21(17(23)16(20)22)12-13-6-7-14(18)11-15(13)19/h6-7,11H,2-5,8-10,12H2,1H3. The van der Waals surface area contributed by atoms with Crippen molar-refractivity contribution in [3.05, 3.63) is 33.8 Å². The highest BCUT2D eigenvalue weighted by Crippen LogP contribution is 2.23. The summed E-state index contributed by atoms with van der Waals surface area (Å²) in [6.45, 7) is 4.28. The van der Waals surface area contributed by atoms with Gasteiger partial charge in [0.25, 0.3) is 0 Å². The highest BCUT2D eigenvalue weighted by molar-refractivity contribution is 6.36. The summed E-state index contributed by atoms with van der Waals surface area (Å²) in [5.74, 6) is -0.851. The van der Waals surface area contributed by atoms with Gasteiger partial charge in [0.1, 0.15) is 0 Å². The van der Waals surface area contributed by atoms with E-state index in [1.165, 1.54) is 0 Å². The summed E-state index contributed by atoms with van der Waals surface area (Å²) in [4.78, 5) is 27.7. The van der Waals surface area contributed by atoms with Crippen molar-refractivity contribution in [2.45, 2.75) is 39.2 Å². The minimum absolute atomic E-state index is 0.338. The summed E-state index contributed by atoms with van der Waals surface area (Å²) in [7, 11) is 0. The highest BCUT2D eigenvalue weighted by Gasteiger charge is 2.32. The number of amides is 2. The second-order valence-corrected chi connectivity index (χ2v) is 6.66. The smallest absolute Gasteiger partial charge is 0.312 e. The molecule has 1 aromatic rings. The van der Waals surface area contributed by atoms with E-state index in [2.05, 4.69) is 6.92 Å². The molecule has 0 aromatic heterocycles. The second-order valence-electron chi connectivity index (χ2n) is 5.82. The molecule has 0 saturated carbocycles. The first kappa shape index (κ1) is 18.1. The van der Waals surface area contributed by atoms with Crippen LogP contribution in [0.25, 0.3) is 0 Å². The lowest BCUT2D eigenvalue weighted by Gasteiger charge is -2.34. The molecule has 2 rings (SSSR count). The Morgan fingerprint density at radius 3 is 2.39 bits per heavy atom. The van der Waals surface area contributed by atoms with E-state index < -0.39 is 11.8 Å². The predicted molar refractivity (Wildman–Crippen MR) is 92.6 cm³/mol. The van der Waals surface area contributed by atoms with Crippen molar-refractivity contribution in [1.82, 2.24) is 9.80 Å². The average Bonchev–Trinajstić information content (AvgIpc) is 2.52. The number of carbonyl (C=O) groups is 2. The van der Waals surface area contributed by atoms with E-state index in [-0.39, 0.29) is 0 Å². The van der Waals surface area contributed by atoms with Gasteiger partial charge in [-0.25, -0.2) is 0 Å². The zero-order chi connectivity index (χ0) is 16.8. The number of carbonyl (C=O) groups excluding carboxylic acids is 2. The van der Waals surface area contributed by atoms with E-state index in [1.807, 2.05) is 0 Å². The van der Waals surface area contributed by atoms with Crippen LogP contribution in [0.2, 0.25) is 10.0 Å². The number of unbranched alkanes of at least 4 members (excludes halogenated alkanes) is 3. The van der Waals surface area contributed by atoms with E-state index in [0.717, 1.165) is 31.2 Å². The third kappa shape index (κ3) is 4.85. The molecule has 0 radical (unpaired) electrons. The minimum Gasteiger partial charge on any atom is -0.333 e. The van der Waals surface area contributed by atoms with E-state index in [0.29, 0.717) is 36.2 Å². The van der Waals surface area contributed by atoms with Gasteiger partial charge in [-0.15, -0.1) is 0 Å². The number of hydrogen-bond donors (Lipinski definition) is 0. The maximum Gasteiger partial charge on any atom is 0.312 e. The van der Waals surface area contributed by atoms with Gasteiger partial charge in [0.2, 0.25) is 0 Å². The SMILES string of the molecule is CCCCCCN1CCN(Cc2ccc(Cl)cc2Cl)C(=O)C1=O. The summed E-state index contributed by atoms with van der Waals surface area (Å²) < 4.78 is 0. The van der Waals surface area contributed by atoms with Crippen molar-refractivity contribution in [3.63, 3.8) is 0 Å². The van der Waals surface area contributed by atoms with Crippen LogP contribution >= 0.6 is 23.2 Å². The summed E-state index contributed by atoms with van der Waals surface area (Å²) in [6, 6.07) is 5.17. The normalized spacial score (nSPS) is 15.4. The van der Waals surface area contributed by atoms with Crippen LogP contribution in [0.15, 0.2) is 18.2 Å². The maximum absolute atomic E-state index is 12.3. The molecule has 126 valence electrons. The topological polar surface area (TPSA) is 40.6 Å².